The highest BCUT2D eigenvalue weighted by molar-refractivity contribution is 8.15. The first kappa shape index (κ1) is 22.4. The molecule has 10 heteroatoms. The number of amides is 2. The van der Waals surface area contributed by atoms with E-state index in [1.54, 1.807) is 29.5 Å². The molecule has 0 unspecified atom stereocenters. The van der Waals surface area contributed by atoms with Crippen LogP contribution in [0.15, 0.2) is 81.4 Å². The lowest BCUT2D eigenvalue weighted by Crippen LogP contribution is -2.24. The van der Waals surface area contributed by atoms with E-state index >= 15 is 0 Å². The molecule has 2 aromatic carbocycles. The van der Waals surface area contributed by atoms with Crippen molar-refractivity contribution in [3.8, 4) is 0 Å². The van der Waals surface area contributed by atoms with E-state index in [1.165, 1.54) is 36.0 Å². The number of furan rings is 1. The van der Waals surface area contributed by atoms with E-state index in [1.807, 2.05) is 18.2 Å². The first-order chi connectivity index (χ1) is 16.5. The minimum atomic E-state index is -0.678. The molecule has 0 aliphatic carbocycles. The summed E-state index contributed by atoms with van der Waals surface area (Å²) in [6.07, 6.45) is 2.07. The van der Waals surface area contributed by atoms with Gasteiger partial charge in [0.25, 0.3) is 5.91 Å². The lowest BCUT2D eigenvalue weighted by Gasteiger charge is -2.20. The number of amidine groups is 1. The Morgan fingerprint density at radius 2 is 1.94 bits per heavy atom. The smallest absolute Gasteiger partial charge is 0.262 e. The van der Waals surface area contributed by atoms with E-state index in [0.29, 0.717) is 28.1 Å². The van der Waals surface area contributed by atoms with Crippen LogP contribution in [0.4, 0.5) is 10.1 Å². The van der Waals surface area contributed by atoms with Crippen molar-refractivity contribution >= 4 is 51.7 Å². The van der Waals surface area contributed by atoms with Crippen LogP contribution in [0.25, 0.3) is 0 Å². The van der Waals surface area contributed by atoms with Crippen molar-refractivity contribution in [2.75, 3.05) is 5.32 Å². The fourth-order valence-electron chi connectivity index (χ4n) is 3.72. The second kappa shape index (κ2) is 9.44. The molecule has 2 aliphatic rings. The Morgan fingerprint density at radius 1 is 1.18 bits per heavy atom. The van der Waals surface area contributed by atoms with Crippen molar-refractivity contribution in [3.63, 3.8) is 0 Å². The van der Waals surface area contributed by atoms with Gasteiger partial charge >= 0.3 is 0 Å². The average Bonchev–Trinajstić information content (AvgIpc) is 3.56. The summed E-state index contributed by atoms with van der Waals surface area (Å²) in [5.41, 5.74) is 2.18. The van der Waals surface area contributed by atoms with Gasteiger partial charge in [-0.3, -0.25) is 9.59 Å². The largest absolute Gasteiger partial charge is 0.467 e. The fourth-order valence-corrected chi connectivity index (χ4v) is 4.91. The van der Waals surface area contributed by atoms with Crippen LogP contribution in [0.1, 0.15) is 30.2 Å². The first-order valence-electron chi connectivity index (χ1n) is 10.5. The average molecular weight is 497 g/mol. The van der Waals surface area contributed by atoms with Gasteiger partial charge < -0.3 is 9.73 Å². The highest BCUT2D eigenvalue weighted by Gasteiger charge is 2.40. The summed E-state index contributed by atoms with van der Waals surface area (Å²) < 4.78 is 18.7. The highest BCUT2D eigenvalue weighted by Crippen LogP contribution is 2.38. The maximum atomic E-state index is 13.1. The predicted octanol–water partition coefficient (Wildman–Crippen LogP) is 5.25. The molecule has 1 aromatic heterocycles. The number of rotatable bonds is 5. The van der Waals surface area contributed by atoms with E-state index in [4.69, 9.17) is 21.1 Å². The van der Waals surface area contributed by atoms with E-state index in [2.05, 4.69) is 10.3 Å². The first-order valence-corrected chi connectivity index (χ1v) is 11.7. The molecule has 2 aliphatic heterocycles. The van der Waals surface area contributed by atoms with Crippen molar-refractivity contribution in [1.82, 2.24) is 5.01 Å². The van der Waals surface area contributed by atoms with Crippen LogP contribution in [0.5, 0.6) is 0 Å². The molecule has 1 N–H and O–H groups in total. The summed E-state index contributed by atoms with van der Waals surface area (Å²) in [4.78, 5) is 29.3. The molecule has 0 bridgehead atoms. The minimum absolute atomic E-state index is 0.0686. The summed E-state index contributed by atoms with van der Waals surface area (Å²) in [6, 6.07) is 16.2. The van der Waals surface area contributed by atoms with Gasteiger partial charge in [-0.2, -0.15) is 10.1 Å². The van der Waals surface area contributed by atoms with Crippen LogP contribution >= 0.6 is 23.4 Å². The number of carbonyl (C=O) groups is 2. The summed E-state index contributed by atoms with van der Waals surface area (Å²) >= 11 is 7.21. The minimum Gasteiger partial charge on any atom is -0.467 e. The van der Waals surface area contributed by atoms with Crippen molar-refractivity contribution in [2.24, 2.45) is 10.1 Å². The van der Waals surface area contributed by atoms with Gasteiger partial charge in [-0.15, -0.1) is 0 Å². The Morgan fingerprint density at radius 3 is 2.65 bits per heavy atom. The van der Waals surface area contributed by atoms with Gasteiger partial charge in [0.15, 0.2) is 5.17 Å². The van der Waals surface area contributed by atoms with Crippen LogP contribution in [-0.2, 0) is 9.59 Å². The third-order valence-corrected chi connectivity index (χ3v) is 6.78. The van der Waals surface area contributed by atoms with Crippen molar-refractivity contribution in [2.45, 2.75) is 24.1 Å². The summed E-state index contributed by atoms with van der Waals surface area (Å²) in [5.74, 6) is -0.459. The van der Waals surface area contributed by atoms with Gasteiger partial charge in [0.05, 0.1) is 12.0 Å². The third-order valence-electron chi connectivity index (χ3n) is 5.38. The van der Waals surface area contributed by atoms with Crippen molar-refractivity contribution in [3.05, 3.63) is 89.1 Å². The maximum absolute atomic E-state index is 13.1. The van der Waals surface area contributed by atoms with Gasteiger partial charge in [-0.05, 0) is 54.1 Å². The number of thioether (sulfide) groups is 1. The molecule has 2 amide bonds. The number of aliphatic imine (C=N–C) groups is 1. The van der Waals surface area contributed by atoms with E-state index < -0.39 is 17.0 Å². The van der Waals surface area contributed by atoms with E-state index in [0.717, 1.165) is 11.3 Å². The number of halogens is 2. The molecule has 34 heavy (non-hydrogen) atoms. The topological polar surface area (TPSA) is 87.3 Å². The molecule has 2 atom stereocenters. The van der Waals surface area contributed by atoms with Gasteiger partial charge in [-0.1, -0.05) is 35.5 Å². The second-order valence-electron chi connectivity index (χ2n) is 7.73. The lowest BCUT2D eigenvalue weighted by atomic mass is 10.0. The van der Waals surface area contributed by atoms with Crippen LogP contribution in [0.3, 0.4) is 0 Å². The number of benzene rings is 2. The molecule has 5 rings (SSSR count). The summed E-state index contributed by atoms with van der Waals surface area (Å²) in [7, 11) is 0. The zero-order valence-corrected chi connectivity index (χ0v) is 19.2. The summed E-state index contributed by atoms with van der Waals surface area (Å²) in [6.45, 7) is 0. The standard InChI is InChI=1S/C24H18ClFN4O3S/c25-15-5-3-14(4-6-15)18-12-19(20-2-1-11-33-20)30(29-18)24-28-23(32)21(34-24)13-22(31)27-17-9-7-16(26)8-10-17/h1-11,19,21H,12-13H2,(H,27,31)/t19-,21-/m1/s1. The van der Waals surface area contributed by atoms with Gasteiger partial charge in [-0.25, -0.2) is 9.40 Å². The number of carbonyl (C=O) groups excluding carboxylic acids is 2. The number of nitrogens with one attached hydrogen (secondary N) is 1. The molecule has 3 aromatic rings. The lowest BCUT2D eigenvalue weighted by molar-refractivity contribution is -0.121. The maximum Gasteiger partial charge on any atom is 0.262 e. The number of nitrogens with zero attached hydrogens (tertiary/aromatic N) is 3. The van der Waals surface area contributed by atoms with Crippen LogP contribution < -0.4 is 5.32 Å². The number of hydrogen-bond acceptors (Lipinski definition) is 6. The monoisotopic (exact) mass is 496 g/mol. The molecule has 3 heterocycles. The summed E-state index contributed by atoms with van der Waals surface area (Å²) in [5, 5.41) is 9.46. The van der Waals surface area contributed by atoms with Crippen molar-refractivity contribution < 1.29 is 18.4 Å². The number of hydrazone groups is 1. The Kier molecular flexibility index (Phi) is 6.21. The van der Waals surface area contributed by atoms with Gasteiger partial charge in [0, 0.05) is 23.6 Å². The molecule has 0 radical (unpaired) electrons. The third kappa shape index (κ3) is 4.76. The molecule has 172 valence electrons. The zero-order valence-electron chi connectivity index (χ0n) is 17.7. The second-order valence-corrected chi connectivity index (χ2v) is 9.34. The molecule has 7 nitrogen and oxygen atoms in total. The van der Waals surface area contributed by atoms with Crippen molar-refractivity contribution in [1.29, 1.82) is 0 Å². The molecule has 0 saturated carbocycles. The molecular formula is C24H18ClFN4O3S. The normalized spacial score (nSPS) is 19.8. The molecule has 0 saturated heterocycles. The number of hydrogen-bond donors (Lipinski definition) is 1. The predicted molar refractivity (Wildman–Crippen MR) is 129 cm³/mol. The van der Waals surface area contributed by atoms with Crippen LogP contribution in [0.2, 0.25) is 5.02 Å². The Hall–Kier alpha value is -3.43. The Bertz CT molecular complexity index is 1280. The highest BCUT2D eigenvalue weighted by atomic mass is 35.5. The van der Waals surface area contributed by atoms with Gasteiger partial charge in [0.2, 0.25) is 5.91 Å². The zero-order chi connectivity index (χ0) is 23.7. The SMILES string of the molecule is O=C(C[C@H]1SC(N2N=C(c3ccc(Cl)cc3)C[C@@H]2c2ccco2)=NC1=O)Nc1ccc(F)cc1. The fraction of sp³-hybridized carbons (Fsp3) is 0.167. The molecular weight excluding hydrogens is 479 g/mol. The van der Waals surface area contributed by atoms with Crippen LogP contribution in [0, 0.1) is 5.82 Å². The molecule has 0 spiro atoms. The van der Waals surface area contributed by atoms with Crippen LogP contribution in [-0.4, -0.2) is 33.0 Å². The quantitative estimate of drug-likeness (QED) is 0.521. The number of anilines is 1. The van der Waals surface area contributed by atoms with E-state index in [-0.39, 0.29) is 18.4 Å². The van der Waals surface area contributed by atoms with Gasteiger partial charge in [0.1, 0.15) is 22.9 Å². The Balaban J connectivity index is 1.32. The Labute approximate surface area is 203 Å². The van der Waals surface area contributed by atoms with E-state index in [9.17, 15) is 14.0 Å². The molecule has 0 fully saturated rings.